The largest absolute Gasteiger partial charge is 0.302 e. The molecule has 1 unspecified atom stereocenters. The van der Waals surface area contributed by atoms with Gasteiger partial charge in [-0.15, -0.1) is 0 Å². The first-order valence-electron chi connectivity index (χ1n) is 9.32. The van der Waals surface area contributed by atoms with Crippen molar-refractivity contribution < 1.29 is 0 Å². The summed E-state index contributed by atoms with van der Waals surface area (Å²) < 4.78 is 0. The molecule has 2 heteroatoms. The van der Waals surface area contributed by atoms with Gasteiger partial charge in [0.05, 0.1) is 0 Å². The van der Waals surface area contributed by atoms with Crippen molar-refractivity contribution in [3.8, 4) is 0 Å². The van der Waals surface area contributed by atoms with E-state index in [2.05, 4.69) is 68.6 Å². The first kappa shape index (κ1) is 17.4. The van der Waals surface area contributed by atoms with Crippen LogP contribution in [0.2, 0.25) is 0 Å². The van der Waals surface area contributed by atoms with E-state index in [9.17, 15) is 0 Å². The van der Waals surface area contributed by atoms with E-state index < -0.39 is 0 Å². The van der Waals surface area contributed by atoms with E-state index >= 15 is 0 Å². The molecule has 0 bridgehead atoms. The Morgan fingerprint density at radius 2 is 1.91 bits per heavy atom. The van der Waals surface area contributed by atoms with Gasteiger partial charge in [0.25, 0.3) is 0 Å². The third-order valence-electron chi connectivity index (χ3n) is 6.11. The van der Waals surface area contributed by atoms with Crippen LogP contribution in [0.1, 0.15) is 51.7 Å². The Morgan fingerprint density at radius 3 is 2.43 bits per heavy atom. The van der Waals surface area contributed by atoms with Crippen molar-refractivity contribution in [2.24, 2.45) is 11.3 Å². The second-order valence-corrected chi connectivity index (χ2v) is 9.71. The third-order valence-corrected chi connectivity index (χ3v) is 7.74. The molecule has 1 spiro atoms. The second kappa shape index (κ2) is 6.80. The Kier molecular flexibility index (Phi) is 5.13. The predicted octanol–water partition coefficient (Wildman–Crippen LogP) is 4.99. The summed E-state index contributed by atoms with van der Waals surface area (Å²) in [5.41, 5.74) is 3.98. The fraction of sp³-hybridized carbons (Fsp3) is 0.714. The molecule has 0 N–H and O–H groups in total. The number of nitrogens with zero attached hydrogens (tertiary/aromatic N) is 1. The molecule has 23 heavy (non-hydrogen) atoms. The van der Waals surface area contributed by atoms with Crippen LogP contribution in [-0.4, -0.2) is 36.0 Å². The van der Waals surface area contributed by atoms with Crippen LogP contribution in [0.5, 0.6) is 0 Å². The average Bonchev–Trinajstić information content (AvgIpc) is 2.92. The molecular formula is C21H33NS. The SMILES string of the molecule is CCC(C)(C)c1ccc(CC(C)CN2CCC3(CSC3)C2)cc1. The summed E-state index contributed by atoms with van der Waals surface area (Å²) in [7, 11) is 0. The van der Waals surface area contributed by atoms with Gasteiger partial charge in [-0.3, -0.25) is 0 Å². The van der Waals surface area contributed by atoms with Crippen LogP contribution in [0.4, 0.5) is 0 Å². The molecular weight excluding hydrogens is 298 g/mol. The molecule has 2 heterocycles. The Labute approximate surface area is 147 Å². The number of thioether (sulfide) groups is 1. The maximum atomic E-state index is 2.72. The molecule has 1 nitrogen and oxygen atoms in total. The molecule has 1 aromatic carbocycles. The molecule has 128 valence electrons. The molecule has 0 radical (unpaired) electrons. The Balaban J connectivity index is 1.51. The smallest absolute Gasteiger partial charge is 0.00544 e. The standard InChI is InChI=1S/C21H33NS/c1-5-20(3,4)19-8-6-18(7-9-19)12-17(2)13-22-11-10-21(14-22)15-23-16-21/h6-9,17H,5,10-16H2,1-4H3. The molecule has 2 aliphatic heterocycles. The third kappa shape index (κ3) is 3.96. The van der Waals surface area contributed by atoms with E-state index in [0.29, 0.717) is 10.8 Å². The van der Waals surface area contributed by atoms with E-state index in [0.717, 1.165) is 5.92 Å². The van der Waals surface area contributed by atoms with Gasteiger partial charge in [-0.1, -0.05) is 52.0 Å². The average molecular weight is 332 g/mol. The zero-order valence-corrected chi connectivity index (χ0v) is 16.2. The number of rotatable bonds is 6. The van der Waals surface area contributed by atoms with E-state index in [-0.39, 0.29) is 0 Å². The lowest BCUT2D eigenvalue weighted by atomic mass is 9.82. The molecule has 1 aromatic rings. The normalized spacial score (nSPS) is 22.3. The van der Waals surface area contributed by atoms with Crippen molar-refractivity contribution in [1.82, 2.24) is 4.90 Å². The van der Waals surface area contributed by atoms with E-state index in [1.165, 1.54) is 61.5 Å². The molecule has 2 aliphatic rings. The van der Waals surface area contributed by atoms with Gasteiger partial charge < -0.3 is 4.90 Å². The second-order valence-electron chi connectivity index (χ2n) is 8.72. The van der Waals surface area contributed by atoms with Gasteiger partial charge in [0, 0.05) is 30.0 Å². The van der Waals surface area contributed by atoms with Crippen LogP contribution < -0.4 is 0 Å². The summed E-state index contributed by atoms with van der Waals surface area (Å²) >= 11 is 2.14. The van der Waals surface area contributed by atoms with Gasteiger partial charge in [-0.25, -0.2) is 0 Å². The fourth-order valence-electron chi connectivity index (χ4n) is 4.01. The van der Waals surface area contributed by atoms with Crippen molar-refractivity contribution in [3.63, 3.8) is 0 Å². The van der Waals surface area contributed by atoms with E-state index in [4.69, 9.17) is 0 Å². The minimum absolute atomic E-state index is 0.300. The van der Waals surface area contributed by atoms with Gasteiger partial charge in [0.2, 0.25) is 0 Å². The lowest BCUT2D eigenvalue weighted by molar-refractivity contribution is 0.255. The van der Waals surface area contributed by atoms with Crippen molar-refractivity contribution in [1.29, 1.82) is 0 Å². The van der Waals surface area contributed by atoms with Crippen molar-refractivity contribution >= 4 is 11.8 Å². The van der Waals surface area contributed by atoms with Gasteiger partial charge in [0.15, 0.2) is 0 Å². The lowest BCUT2D eigenvalue weighted by Crippen LogP contribution is -2.39. The Hall–Kier alpha value is -0.470. The first-order valence-corrected chi connectivity index (χ1v) is 10.5. The molecule has 0 amide bonds. The topological polar surface area (TPSA) is 3.24 Å². The van der Waals surface area contributed by atoms with E-state index in [1.54, 1.807) is 0 Å². The number of benzene rings is 1. The highest BCUT2D eigenvalue weighted by Gasteiger charge is 2.43. The number of hydrogen-bond donors (Lipinski definition) is 0. The minimum Gasteiger partial charge on any atom is -0.302 e. The monoisotopic (exact) mass is 331 g/mol. The molecule has 0 aliphatic carbocycles. The number of hydrogen-bond acceptors (Lipinski definition) is 2. The molecule has 3 rings (SSSR count). The summed E-state index contributed by atoms with van der Waals surface area (Å²) in [6.07, 6.45) is 3.84. The summed E-state index contributed by atoms with van der Waals surface area (Å²) in [4.78, 5) is 2.72. The lowest BCUT2D eigenvalue weighted by Gasteiger charge is -2.37. The Bertz CT molecular complexity index is 515. The molecule has 1 atom stereocenters. The molecule has 2 fully saturated rings. The van der Waals surface area contributed by atoms with Crippen LogP contribution in [-0.2, 0) is 11.8 Å². The highest BCUT2D eigenvalue weighted by atomic mass is 32.2. The zero-order valence-electron chi connectivity index (χ0n) is 15.4. The van der Waals surface area contributed by atoms with Gasteiger partial charge >= 0.3 is 0 Å². The molecule has 2 saturated heterocycles. The fourth-order valence-corrected chi connectivity index (χ4v) is 5.27. The minimum atomic E-state index is 0.300. The van der Waals surface area contributed by atoms with Crippen molar-refractivity contribution in [2.75, 3.05) is 31.1 Å². The maximum Gasteiger partial charge on any atom is 0.00544 e. The van der Waals surface area contributed by atoms with Crippen molar-refractivity contribution in [2.45, 2.75) is 52.4 Å². The van der Waals surface area contributed by atoms with Gasteiger partial charge in [-0.2, -0.15) is 11.8 Å². The molecule has 0 aromatic heterocycles. The highest BCUT2D eigenvalue weighted by molar-refractivity contribution is 8.00. The van der Waals surface area contributed by atoms with E-state index in [1.807, 2.05) is 0 Å². The Morgan fingerprint density at radius 1 is 1.22 bits per heavy atom. The van der Waals surface area contributed by atoms with Crippen LogP contribution in [0, 0.1) is 11.3 Å². The summed E-state index contributed by atoms with van der Waals surface area (Å²) in [6, 6.07) is 9.42. The zero-order chi connectivity index (χ0) is 16.5. The van der Waals surface area contributed by atoms with Crippen molar-refractivity contribution in [3.05, 3.63) is 35.4 Å². The maximum absolute atomic E-state index is 2.72. The molecule has 0 saturated carbocycles. The summed E-state index contributed by atoms with van der Waals surface area (Å²) in [5.74, 6) is 3.57. The van der Waals surface area contributed by atoms with Crippen LogP contribution in [0.3, 0.4) is 0 Å². The van der Waals surface area contributed by atoms with Gasteiger partial charge in [0.1, 0.15) is 0 Å². The number of likely N-dealkylation sites (tertiary alicyclic amines) is 1. The quantitative estimate of drug-likeness (QED) is 0.722. The van der Waals surface area contributed by atoms with Crippen LogP contribution in [0.15, 0.2) is 24.3 Å². The first-order chi connectivity index (χ1) is 10.9. The highest BCUT2D eigenvalue weighted by Crippen LogP contribution is 2.45. The summed E-state index contributed by atoms with van der Waals surface area (Å²) in [6.45, 7) is 13.3. The van der Waals surface area contributed by atoms with Gasteiger partial charge in [-0.05, 0) is 48.3 Å². The van der Waals surface area contributed by atoms with Crippen LogP contribution >= 0.6 is 11.8 Å². The predicted molar refractivity (Wildman–Crippen MR) is 103 cm³/mol. The van der Waals surface area contributed by atoms with Crippen LogP contribution in [0.25, 0.3) is 0 Å². The summed E-state index contributed by atoms with van der Waals surface area (Å²) in [5, 5.41) is 0.